The van der Waals surface area contributed by atoms with E-state index in [2.05, 4.69) is 0 Å². The van der Waals surface area contributed by atoms with E-state index in [0.29, 0.717) is 10.5 Å². The van der Waals surface area contributed by atoms with Crippen LogP contribution in [0.5, 0.6) is 0 Å². The first-order valence-electron chi connectivity index (χ1n) is 7.41. The SMILES string of the molecule is Cn1c(=O)[nH]c(=O)n(-c2cc(Cl)c(Sc3ccc(C#N)cc3)c(Cl)c2)c1=O. The molecule has 2 aromatic carbocycles. The molecule has 7 nitrogen and oxygen atoms in total. The molecule has 0 aliphatic carbocycles. The zero-order valence-electron chi connectivity index (χ0n) is 13.7. The molecule has 1 aromatic heterocycles. The summed E-state index contributed by atoms with van der Waals surface area (Å²) in [5.41, 5.74) is -1.85. The summed E-state index contributed by atoms with van der Waals surface area (Å²) in [6, 6.07) is 11.7. The summed E-state index contributed by atoms with van der Waals surface area (Å²) in [4.78, 5) is 39.2. The first kappa shape index (κ1) is 19.0. The molecular weight excluding hydrogens is 411 g/mol. The summed E-state index contributed by atoms with van der Waals surface area (Å²) in [7, 11) is 1.25. The molecule has 0 atom stereocenters. The number of nitrogens with one attached hydrogen (secondary N) is 1. The fourth-order valence-corrected chi connectivity index (χ4v) is 3.80. The number of aromatic amines is 1. The van der Waals surface area contributed by atoms with Crippen LogP contribution in [0.4, 0.5) is 0 Å². The number of nitrogens with zero attached hydrogens (tertiary/aromatic N) is 3. The average molecular weight is 421 g/mol. The summed E-state index contributed by atoms with van der Waals surface area (Å²) in [6.45, 7) is 0. The van der Waals surface area contributed by atoms with Gasteiger partial charge in [-0.2, -0.15) is 5.26 Å². The third-order valence-electron chi connectivity index (χ3n) is 3.64. The molecule has 0 bridgehead atoms. The zero-order chi connectivity index (χ0) is 19.7. The van der Waals surface area contributed by atoms with Crippen LogP contribution in [0.15, 0.2) is 60.6 Å². The smallest absolute Gasteiger partial charge is 0.258 e. The highest BCUT2D eigenvalue weighted by Gasteiger charge is 2.15. The number of hydrogen-bond donors (Lipinski definition) is 1. The van der Waals surface area contributed by atoms with Gasteiger partial charge in [0.15, 0.2) is 0 Å². The minimum atomic E-state index is -0.886. The molecular formula is C17H10Cl2N4O3S. The molecule has 0 saturated carbocycles. The molecule has 0 saturated heterocycles. The molecule has 3 aromatic rings. The maximum atomic E-state index is 12.3. The van der Waals surface area contributed by atoms with Crippen LogP contribution in [0.1, 0.15) is 5.56 Å². The lowest BCUT2D eigenvalue weighted by Crippen LogP contribution is -2.47. The van der Waals surface area contributed by atoms with Gasteiger partial charge in [0.2, 0.25) is 0 Å². The highest BCUT2D eigenvalue weighted by Crippen LogP contribution is 2.39. The molecule has 1 heterocycles. The van der Waals surface area contributed by atoms with E-state index in [-0.39, 0.29) is 15.7 Å². The maximum Gasteiger partial charge on any atom is 0.340 e. The topological polar surface area (TPSA) is 101 Å². The fraction of sp³-hybridized carbons (Fsp3) is 0.0588. The van der Waals surface area contributed by atoms with Crippen LogP contribution in [0.25, 0.3) is 5.69 Å². The average Bonchev–Trinajstić information content (AvgIpc) is 2.63. The predicted octanol–water partition coefficient (Wildman–Crippen LogP) is 2.55. The van der Waals surface area contributed by atoms with Gasteiger partial charge >= 0.3 is 17.1 Å². The fourth-order valence-electron chi connectivity index (χ4n) is 2.27. The van der Waals surface area contributed by atoms with Crippen molar-refractivity contribution in [2.24, 2.45) is 7.05 Å². The van der Waals surface area contributed by atoms with Gasteiger partial charge in [-0.05, 0) is 36.4 Å². The van der Waals surface area contributed by atoms with Gasteiger partial charge < -0.3 is 0 Å². The maximum absolute atomic E-state index is 12.3. The van der Waals surface area contributed by atoms with Gasteiger partial charge in [0, 0.05) is 16.8 Å². The van der Waals surface area contributed by atoms with E-state index in [9.17, 15) is 14.4 Å². The number of rotatable bonds is 3. The first-order chi connectivity index (χ1) is 12.8. The van der Waals surface area contributed by atoms with Crippen LogP contribution in [-0.4, -0.2) is 14.1 Å². The van der Waals surface area contributed by atoms with Crippen molar-refractivity contribution in [1.82, 2.24) is 14.1 Å². The summed E-state index contributed by atoms with van der Waals surface area (Å²) < 4.78 is 1.54. The molecule has 136 valence electrons. The Morgan fingerprint density at radius 2 is 1.63 bits per heavy atom. The van der Waals surface area contributed by atoms with Crippen LogP contribution in [-0.2, 0) is 7.05 Å². The van der Waals surface area contributed by atoms with Crippen LogP contribution < -0.4 is 17.1 Å². The van der Waals surface area contributed by atoms with E-state index in [0.717, 1.165) is 14.0 Å². The van der Waals surface area contributed by atoms with Crippen LogP contribution >= 0.6 is 35.0 Å². The largest absolute Gasteiger partial charge is 0.340 e. The number of aromatic nitrogens is 3. The van der Waals surface area contributed by atoms with Gasteiger partial charge in [0.1, 0.15) is 0 Å². The molecule has 0 spiro atoms. The number of benzene rings is 2. The highest BCUT2D eigenvalue weighted by molar-refractivity contribution is 7.99. The molecule has 1 N–H and O–H groups in total. The lowest BCUT2D eigenvalue weighted by Gasteiger charge is -2.11. The van der Waals surface area contributed by atoms with Crippen LogP contribution in [0.3, 0.4) is 0 Å². The molecule has 0 aliphatic rings. The van der Waals surface area contributed by atoms with Gasteiger partial charge in [0.25, 0.3) is 0 Å². The van der Waals surface area contributed by atoms with Gasteiger partial charge in [-0.25, -0.2) is 23.5 Å². The minimum Gasteiger partial charge on any atom is -0.258 e. The monoisotopic (exact) mass is 420 g/mol. The van der Waals surface area contributed by atoms with Crippen LogP contribution in [0.2, 0.25) is 10.0 Å². The standard InChI is InChI=1S/C17H10Cl2N4O3S/c1-22-15(24)21-16(25)23(17(22)26)10-6-12(18)14(13(19)7-10)27-11-4-2-9(8-20)3-5-11/h2-7H,1H3,(H,21,24,25). The Morgan fingerprint density at radius 3 is 2.19 bits per heavy atom. The van der Waals surface area contributed by atoms with Gasteiger partial charge in [-0.3, -0.25) is 4.98 Å². The van der Waals surface area contributed by atoms with Gasteiger partial charge in [-0.15, -0.1) is 0 Å². The molecule has 0 amide bonds. The van der Waals surface area contributed by atoms with E-state index >= 15 is 0 Å². The second-order valence-electron chi connectivity index (χ2n) is 5.39. The van der Waals surface area contributed by atoms with Gasteiger partial charge in [0.05, 0.1) is 27.4 Å². The van der Waals surface area contributed by atoms with E-state index < -0.39 is 17.1 Å². The lowest BCUT2D eigenvalue weighted by molar-refractivity contribution is 0.660. The molecule has 27 heavy (non-hydrogen) atoms. The normalized spacial score (nSPS) is 10.6. The number of hydrogen-bond acceptors (Lipinski definition) is 5. The highest BCUT2D eigenvalue weighted by atomic mass is 35.5. The van der Waals surface area contributed by atoms with Crippen LogP contribution in [0, 0.1) is 11.3 Å². The van der Waals surface area contributed by atoms with Crippen molar-refractivity contribution in [3.05, 3.63) is 83.5 Å². The van der Waals surface area contributed by atoms with E-state index in [4.69, 9.17) is 28.5 Å². The third-order valence-corrected chi connectivity index (χ3v) is 5.62. The molecule has 0 fully saturated rings. The molecule has 0 radical (unpaired) electrons. The molecule has 10 heteroatoms. The van der Waals surface area contributed by atoms with E-state index in [1.54, 1.807) is 24.3 Å². The van der Waals surface area contributed by atoms with Crippen molar-refractivity contribution in [3.8, 4) is 11.8 Å². The second kappa shape index (κ2) is 7.48. The quantitative estimate of drug-likeness (QED) is 0.701. The van der Waals surface area contributed by atoms with E-state index in [1.807, 2.05) is 11.1 Å². The number of nitriles is 1. The van der Waals surface area contributed by atoms with Crippen molar-refractivity contribution in [1.29, 1.82) is 5.26 Å². The summed E-state index contributed by atoms with van der Waals surface area (Å²) in [5.74, 6) is 0. The Hall–Kier alpha value is -2.73. The van der Waals surface area contributed by atoms with Gasteiger partial charge in [-0.1, -0.05) is 35.0 Å². The minimum absolute atomic E-state index is 0.135. The van der Waals surface area contributed by atoms with Crippen molar-refractivity contribution in [3.63, 3.8) is 0 Å². The Balaban J connectivity index is 2.07. The van der Waals surface area contributed by atoms with Crippen molar-refractivity contribution in [2.75, 3.05) is 0 Å². The lowest BCUT2D eigenvalue weighted by atomic mass is 10.2. The Labute approximate surface area is 166 Å². The van der Waals surface area contributed by atoms with Crippen molar-refractivity contribution >= 4 is 35.0 Å². The summed E-state index contributed by atoms with van der Waals surface area (Å²) in [6.07, 6.45) is 0. The predicted molar refractivity (Wildman–Crippen MR) is 103 cm³/mol. The zero-order valence-corrected chi connectivity index (χ0v) is 16.0. The molecule has 3 rings (SSSR count). The Bertz CT molecular complexity index is 1230. The second-order valence-corrected chi connectivity index (χ2v) is 7.29. The summed E-state index contributed by atoms with van der Waals surface area (Å²) >= 11 is 13.9. The van der Waals surface area contributed by atoms with Crippen molar-refractivity contribution in [2.45, 2.75) is 9.79 Å². The van der Waals surface area contributed by atoms with Crippen molar-refractivity contribution < 1.29 is 0 Å². The number of H-pyrrole nitrogens is 1. The first-order valence-corrected chi connectivity index (χ1v) is 8.99. The Morgan fingerprint density at radius 1 is 1.04 bits per heavy atom. The molecule has 0 unspecified atom stereocenters. The molecule has 0 aliphatic heterocycles. The van der Waals surface area contributed by atoms with E-state index in [1.165, 1.54) is 30.9 Å². The number of halogens is 2. The Kier molecular flexibility index (Phi) is 5.28. The summed E-state index contributed by atoms with van der Waals surface area (Å²) in [5, 5.41) is 9.31. The third kappa shape index (κ3) is 3.71.